The van der Waals surface area contributed by atoms with Crippen molar-refractivity contribution in [1.29, 1.82) is 0 Å². The van der Waals surface area contributed by atoms with Gasteiger partial charge in [-0.25, -0.2) is 0 Å². The lowest BCUT2D eigenvalue weighted by molar-refractivity contribution is -0.134. The lowest BCUT2D eigenvalue weighted by atomic mass is 10.2. The minimum atomic E-state index is -0.592. The monoisotopic (exact) mass is 443 g/mol. The fraction of sp³-hybridized carbons (Fsp3) is 0.222. The number of anilines is 1. The van der Waals surface area contributed by atoms with E-state index in [0.29, 0.717) is 18.8 Å². The number of amides is 2. The van der Waals surface area contributed by atoms with E-state index < -0.39 is 6.04 Å². The van der Waals surface area contributed by atoms with Gasteiger partial charge in [-0.05, 0) is 55.3 Å². The van der Waals surface area contributed by atoms with Crippen molar-refractivity contribution in [2.75, 3.05) is 11.9 Å². The third-order valence-corrected chi connectivity index (χ3v) is 5.06. The molecule has 2 aromatic carbocycles. The van der Waals surface area contributed by atoms with Gasteiger partial charge in [0.25, 0.3) is 0 Å². The number of aromatic nitrogens is 1. The highest BCUT2D eigenvalue weighted by Gasteiger charge is 2.23. The summed E-state index contributed by atoms with van der Waals surface area (Å²) in [7, 11) is 0. The molecule has 6 heteroatoms. The van der Waals surface area contributed by atoms with Gasteiger partial charge in [0.2, 0.25) is 11.8 Å². The number of carbonyl (C=O) groups excluding carboxylic acids is 2. The van der Waals surface area contributed by atoms with Crippen LogP contribution >= 0.6 is 0 Å². The highest BCUT2D eigenvalue weighted by atomic mass is 16.5. The molecular formula is C27H29N3O3. The Bertz CT molecular complexity index is 1050. The van der Waals surface area contributed by atoms with Crippen molar-refractivity contribution >= 4 is 23.6 Å². The molecule has 0 aliphatic heterocycles. The van der Waals surface area contributed by atoms with Crippen molar-refractivity contribution in [2.45, 2.75) is 32.9 Å². The summed E-state index contributed by atoms with van der Waals surface area (Å²) < 4.78 is 5.77. The number of nitrogens with zero attached hydrogens (tertiary/aromatic N) is 2. The normalized spacial score (nSPS) is 11.7. The maximum Gasteiger partial charge on any atom is 0.247 e. The van der Waals surface area contributed by atoms with Gasteiger partial charge in [-0.1, -0.05) is 43.3 Å². The number of pyridine rings is 1. The smallest absolute Gasteiger partial charge is 0.247 e. The first-order valence-electron chi connectivity index (χ1n) is 11.0. The van der Waals surface area contributed by atoms with E-state index in [2.05, 4.69) is 10.3 Å². The summed E-state index contributed by atoms with van der Waals surface area (Å²) in [5, 5.41) is 2.86. The maximum absolute atomic E-state index is 12.9. The SMILES string of the molecule is CCCN(C(=O)/C=C/c1ccc(OCc2cccnc2)cc1)C(C)C(=O)Nc1ccccc1. The van der Waals surface area contributed by atoms with Gasteiger partial charge in [0.1, 0.15) is 18.4 Å². The molecule has 1 aromatic heterocycles. The second kappa shape index (κ2) is 12.2. The molecule has 1 heterocycles. The number of rotatable bonds is 10. The fourth-order valence-electron chi connectivity index (χ4n) is 3.23. The lowest BCUT2D eigenvalue weighted by Crippen LogP contribution is -2.45. The van der Waals surface area contributed by atoms with Crippen molar-refractivity contribution in [3.63, 3.8) is 0 Å². The topological polar surface area (TPSA) is 71.5 Å². The van der Waals surface area contributed by atoms with Crippen LogP contribution < -0.4 is 10.1 Å². The van der Waals surface area contributed by atoms with Crippen LogP contribution in [0, 0.1) is 0 Å². The van der Waals surface area contributed by atoms with Gasteiger partial charge in [-0.15, -0.1) is 0 Å². The van der Waals surface area contributed by atoms with Crippen molar-refractivity contribution in [3.8, 4) is 5.75 Å². The van der Waals surface area contributed by atoms with Crippen molar-refractivity contribution in [1.82, 2.24) is 9.88 Å². The molecule has 6 nitrogen and oxygen atoms in total. The van der Waals surface area contributed by atoms with Crippen LogP contribution in [0.3, 0.4) is 0 Å². The predicted octanol–water partition coefficient (Wildman–Crippen LogP) is 4.94. The van der Waals surface area contributed by atoms with Crippen LogP contribution in [0.4, 0.5) is 5.69 Å². The zero-order valence-electron chi connectivity index (χ0n) is 19.0. The Morgan fingerprint density at radius 1 is 1.06 bits per heavy atom. The molecule has 0 spiro atoms. The molecule has 0 bridgehead atoms. The summed E-state index contributed by atoms with van der Waals surface area (Å²) >= 11 is 0. The van der Waals surface area contributed by atoms with Crippen LogP contribution in [0.1, 0.15) is 31.4 Å². The molecule has 0 saturated heterocycles. The number of ether oxygens (including phenoxy) is 1. The molecule has 0 radical (unpaired) electrons. The molecule has 0 aliphatic carbocycles. The van der Waals surface area contributed by atoms with Crippen molar-refractivity contribution in [3.05, 3.63) is 96.3 Å². The largest absolute Gasteiger partial charge is 0.489 e. The quantitative estimate of drug-likeness (QED) is 0.451. The predicted molar refractivity (Wildman–Crippen MR) is 131 cm³/mol. The van der Waals surface area contributed by atoms with Gasteiger partial charge in [0.15, 0.2) is 0 Å². The molecule has 0 aliphatic rings. The van der Waals surface area contributed by atoms with E-state index >= 15 is 0 Å². The minimum absolute atomic E-state index is 0.204. The number of carbonyl (C=O) groups is 2. The summed E-state index contributed by atoms with van der Waals surface area (Å²) in [4.78, 5) is 31.2. The molecule has 170 valence electrons. The number of hydrogen-bond acceptors (Lipinski definition) is 4. The molecule has 1 N–H and O–H groups in total. The Labute approximate surface area is 194 Å². The van der Waals surface area contributed by atoms with Gasteiger partial charge in [0.05, 0.1) is 0 Å². The molecule has 2 amide bonds. The Hall–Kier alpha value is -3.93. The molecule has 0 saturated carbocycles. The Balaban J connectivity index is 1.58. The summed E-state index contributed by atoms with van der Waals surface area (Å²) in [5.41, 5.74) is 2.57. The fourth-order valence-corrected chi connectivity index (χ4v) is 3.23. The standard InChI is InChI=1S/C27H29N3O3/c1-3-18-30(21(2)27(32)29-24-9-5-4-6-10-24)26(31)16-13-22-11-14-25(15-12-22)33-20-23-8-7-17-28-19-23/h4-17,19,21H,3,18,20H2,1-2H3,(H,29,32)/b16-13+. The number of hydrogen-bond donors (Lipinski definition) is 1. The number of benzene rings is 2. The first kappa shape index (κ1) is 23.7. The van der Waals surface area contributed by atoms with Gasteiger partial charge < -0.3 is 15.0 Å². The number of nitrogens with one attached hydrogen (secondary N) is 1. The Kier molecular flexibility index (Phi) is 8.77. The maximum atomic E-state index is 12.9. The summed E-state index contributed by atoms with van der Waals surface area (Å²) in [6.07, 6.45) is 7.51. The van der Waals surface area contributed by atoms with Crippen LogP contribution in [0.15, 0.2) is 85.2 Å². The van der Waals surface area contributed by atoms with Crippen LogP contribution in [-0.4, -0.2) is 34.3 Å². The van der Waals surface area contributed by atoms with Crippen molar-refractivity contribution < 1.29 is 14.3 Å². The van der Waals surface area contributed by atoms with Crippen molar-refractivity contribution in [2.24, 2.45) is 0 Å². The van der Waals surface area contributed by atoms with E-state index in [0.717, 1.165) is 23.3 Å². The highest BCUT2D eigenvalue weighted by molar-refractivity contribution is 5.99. The van der Waals surface area contributed by atoms with Crippen LogP contribution in [-0.2, 0) is 16.2 Å². The average molecular weight is 444 g/mol. The van der Waals surface area contributed by atoms with Crippen LogP contribution in [0.5, 0.6) is 5.75 Å². The molecule has 1 atom stereocenters. The van der Waals surface area contributed by atoms with E-state index in [4.69, 9.17) is 4.74 Å². The summed E-state index contributed by atoms with van der Waals surface area (Å²) in [6, 6.07) is 20.0. The third kappa shape index (κ3) is 7.31. The molecule has 1 unspecified atom stereocenters. The van der Waals surface area contributed by atoms with Gasteiger partial charge in [-0.2, -0.15) is 0 Å². The lowest BCUT2D eigenvalue weighted by Gasteiger charge is -2.27. The zero-order valence-corrected chi connectivity index (χ0v) is 19.0. The second-order valence-corrected chi connectivity index (χ2v) is 7.62. The average Bonchev–Trinajstić information content (AvgIpc) is 2.86. The molecule has 33 heavy (non-hydrogen) atoms. The van der Waals surface area contributed by atoms with Gasteiger partial charge in [-0.3, -0.25) is 14.6 Å². The summed E-state index contributed by atoms with van der Waals surface area (Å²) in [5.74, 6) is 0.317. The van der Waals surface area contributed by atoms with E-state index in [-0.39, 0.29) is 11.8 Å². The molecule has 3 rings (SSSR count). The number of para-hydroxylation sites is 1. The third-order valence-electron chi connectivity index (χ3n) is 5.06. The van der Waals surface area contributed by atoms with Gasteiger partial charge >= 0.3 is 0 Å². The van der Waals surface area contributed by atoms with Crippen LogP contribution in [0.25, 0.3) is 6.08 Å². The second-order valence-electron chi connectivity index (χ2n) is 7.62. The summed E-state index contributed by atoms with van der Waals surface area (Å²) in [6.45, 7) is 4.66. The van der Waals surface area contributed by atoms with E-state index in [1.807, 2.05) is 73.7 Å². The van der Waals surface area contributed by atoms with Crippen LogP contribution in [0.2, 0.25) is 0 Å². The first-order chi connectivity index (χ1) is 16.1. The van der Waals surface area contributed by atoms with E-state index in [9.17, 15) is 9.59 Å². The van der Waals surface area contributed by atoms with Gasteiger partial charge in [0, 0.05) is 36.3 Å². The molecule has 0 fully saturated rings. The Morgan fingerprint density at radius 3 is 2.48 bits per heavy atom. The van der Waals surface area contributed by atoms with E-state index in [1.54, 1.807) is 30.3 Å². The first-order valence-corrected chi connectivity index (χ1v) is 11.0. The zero-order chi connectivity index (χ0) is 23.5. The highest BCUT2D eigenvalue weighted by Crippen LogP contribution is 2.16. The molecular weight excluding hydrogens is 414 g/mol. The Morgan fingerprint density at radius 2 is 1.82 bits per heavy atom. The minimum Gasteiger partial charge on any atom is -0.489 e. The molecule has 3 aromatic rings. The van der Waals surface area contributed by atoms with E-state index in [1.165, 1.54) is 6.08 Å².